The predicted molar refractivity (Wildman–Crippen MR) is 99.6 cm³/mol. The molecule has 7 heteroatoms. The molecule has 144 valence electrons. The highest BCUT2D eigenvalue weighted by Gasteiger charge is 2.53. The average Bonchev–Trinajstić information content (AvgIpc) is 3.21. The number of amides is 1. The first kappa shape index (κ1) is 18.0. The molecule has 1 aromatic heterocycles. The maximum atomic E-state index is 12.6. The smallest absolute Gasteiger partial charge is 0.280 e. The van der Waals surface area contributed by atoms with E-state index >= 15 is 0 Å². The van der Waals surface area contributed by atoms with Crippen molar-refractivity contribution in [3.63, 3.8) is 0 Å². The molecule has 2 heterocycles. The number of ether oxygens (including phenoxy) is 1. The highest BCUT2D eigenvalue weighted by Crippen LogP contribution is 2.51. The van der Waals surface area contributed by atoms with E-state index in [1.54, 1.807) is 7.11 Å². The van der Waals surface area contributed by atoms with Gasteiger partial charge in [-0.25, -0.2) is 0 Å². The molecular weight excluding hydrogens is 346 g/mol. The van der Waals surface area contributed by atoms with Crippen LogP contribution in [0.5, 0.6) is 0 Å². The van der Waals surface area contributed by atoms with Gasteiger partial charge in [0.2, 0.25) is 5.91 Å². The minimum Gasteiger partial charge on any atom is -0.384 e. The maximum Gasteiger partial charge on any atom is 0.280 e. The van der Waals surface area contributed by atoms with Gasteiger partial charge in [0.1, 0.15) is 5.76 Å². The summed E-state index contributed by atoms with van der Waals surface area (Å²) in [5, 5.41) is 8.84. The van der Waals surface area contributed by atoms with Gasteiger partial charge in [-0.3, -0.25) is 9.59 Å². The zero-order chi connectivity index (χ0) is 18.9. The van der Waals surface area contributed by atoms with Crippen LogP contribution in [0, 0.1) is 0 Å². The van der Waals surface area contributed by atoms with Crippen LogP contribution in [0.1, 0.15) is 42.2 Å². The van der Waals surface area contributed by atoms with Crippen LogP contribution in [0.4, 0.5) is 0 Å². The van der Waals surface area contributed by atoms with Crippen LogP contribution in [-0.4, -0.2) is 37.4 Å². The van der Waals surface area contributed by atoms with Crippen molar-refractivity contribution in [3.05, 3.63) is 57.6 Å². The van der Waals surface area contributed by atoms with E-state index in [4.69, 9.17) is 9.26 Å². The molecule has 2 aliphatic rings. The topological polar surface area (TPSA) is 96.4 Å². The zero-order valence-electron chi connectivity index (χ0n) is 15.4. The second-order valence-corrected chi connectivity index (χ2v) is 7.37. The largest absolute Gasteiger partial charge is 0.384 e. The lowest BCUT2D eigenvalue weighted by atomic mass is 9.72. The summed E-state index contributed by atoms with van der Waals surface area (Å²) in [5.74, 6) is 0.409. The number of carbonyl (C=O) groups is 1. The Morgan fingerprint density at radius 1 is 1.33 bits per heavy atom. The number of aromatic amines is 1. The Morgan fingerprint density at radius 2 is 2.11 bits per heavy atom. The second kappa shape index (κ2) is 7.32. The molecule has 0 bridgehead atoms. The number of nitrogens with one attached hydrogen (secondary N) is 3. The molecule has 1 spiro atoms. The Labute approximate surface area is 157 Å². The molecule has 1 saturated heterocycles. The van der Waals surface area contributed by atoms with Crippen LogP contribution in [0.3, 0.4) is 0 Å². The lowest BCUT2D eigenvalue weighted by Gasteiger charge is -2.40. The van der Waals surface area contributed by atoms with Gasteiger partial charge in [-0.05, 0) is 37.1 Å². The van der Waals surface area contributed by atoms with Crippen molar-refractivity contribution >= 4 is 5.91 Å². The quantitative estimate of drug-likeness (QED) is 0.738. The summed E-state index contributed by atoms with van der Waals surface area (Å²) in [5.41, 5.74) is 2.08. The Balaban J connectivity index is 1.54. The molecule has 0 unspecified atom stereocenters. The third-order valence-electron chi connectivity index (χ3n) is 5.92. The van der Waals surface area contributed by atoms with Crippen molar-refractivity contribution in [3.8, 4) is 0 Å². The van der Waals surface area contributed by atoms with E-state index in [-0.39, 0.29) is 35.4 Å². The van der Waals surface area contributed by atoms with E-state index < -0.39 is 0 Å². The Morgan fingerprint density at radius 3 is 2.81 bits per heavy atom. The van der Waals surface area contributed by atoms with Gasteiger partial charge in [-0.15, -0.1) is 0 Å². The number of H-pyrrole nitrogens is 1. The number of hydrogen-bond donors (Lipinski definition) is 3. The van der Waals surface area contributed by atoms with Gasteiger partial charge >= 0.3 is 0 Å². The molecule has 1 fully saturated rings. The van der Waals surface area contributed by atoms with E-state index in [1.165, 1.54) is 11.6 Å². The number of fused-ring (bicyclic) bond motifs is 2. The minimum atomic E-state index is -0.289. The van der Waals surface area contributed by atoms with Crippen LogP contribution in [0.15, 0.2) is 39.6 Å². The fourth-order valence-corrected chi connectivity index (χ4v) is 4.73. The number of hydrogen-bond acceptors (Lipinski definition) is 5. The van der Waals surface area contributed by atoms with Crippen molar-refractivity contribution in [2.75, 3.05) is 20.2 Å². The molecule has 1 aliphatic carbocycles. The van der Waals surface area contributed by atoms with E-state index in [2.05, 4.69) is 34.0 Å². The molecular formula is C20H25N3O4. The van der Waals surface area contributed by atoms with Gasteiger partial charge in [0.15, 0.2) is 0 Å². The van der Waals surface area contributed by atoms with Crippen molar-refractivity contribution in [2.24, 2.45) is 0 Å². The third kappa shape index (κ3) is 3.21. The summed E-state index contributed by atoms with van der Waals surface area (Å²) >= 11 is 0. The van der Waals surface area contributed by atoms with Gasteiger partial charge in [-0.1, -0.05) is 24.3 Å². The molecule has 2 atom stereocenters. The summed E-state index contributed by atoms with van der Waals surface area (Å²) in [6.45, 7) is 1.89. The van der Waals surface area contributed by atoms with Gasteiger partial charge in [0.25, 0.3) is 5.56 Å². The summed E-state index contributed by atoms with van der Waals surface area (Å²) in [6, 6.07) is 9.55. The fraction of sp³-hybridized carbons (Fsp3) is 0.500. The maximum absolute atomic E-state index is 12.6. The first-order chi connectivity index (χ1) is 13.1. The zero-order valence-corrected chi connectivity index (χ0v) is 15.4. The number of carbonyl (C=O) groups excluding carboxylic acids is 1. The molecule has 3 N–H and O–H groups in total. The molecule has 1 aromatic carbocycles. The summed E-state index contributed by atoms with van der Waals surface area (Å²) in [7, 11) is 1.73. The Bertz CT molecular complexity index is 866. The van der Waals surface area contributed by atoms with Crippen LogP contribution in [0.25, 0.3) is 0 Å². The summed E-state index contributed by atoms with van der Waals surface area (Å²) < 4.78 is 11.0. The number of aryl methyl sites for hydroxylation is 1. The van der Waals surface area contributed by atoms with Crippen LogP contribution >= 0.6 is 0 Å². The first-order valence-electron chi connectivity index (χ1n) is 9.44. The van der Waals surface area contributed by atoms with Crippen LogP contribution in [-0.2, 0) is 21.4 Å². The number of benzene rings is 1. The molecule has 4 rings (SSSR count). The highest BCUT2D eigenvalue weighted by atomic mass is 16.5. The molecule has 1 amide bonds. The number of rotatable bonds is 5. The number of methoxy groups -OCH3 is 1. The Kier molecular flexibility index (Phi) is 4.88. The SMILES string of the molecule is CO[C@H]1[C@H](NC(=O)CCc2cc(=O)[nH]o2)c2ccccc2C12CCNCC2. The van der Waals surface area contributed by atoms with Crippen molar-refractivity contribution in [1.82, 2.24) is 15.8 Å². The lowest BCUT2D eigenvalue weighted by Crippen LogP contribution is -2.49. The van der Waals surface area contributed by atoms with Crippen molar-refractivity contribution in [1.29, 1.82) is 0 Å². The van der Waals surface area contributed by atoms with Crippen molar-refractivity contribution < 1.29 is 14.1 Å². The summed E-state index contributed by atoms with van der Waals surface area (Å²) in [4.78, 5) is 23.7. The van der Waals surface area contributed by atoms with Gasteiger partial charge in [0, 0.05) is 31.4 Å². The first-order valence-corrected chi connectivity index (χ1v) is 9.44. The molecule has 2 aromatic rings. The second-order valence-electron chi connectivity index (χ2n) is 7.37. The summed E-state index contributed by atoms with van der Waals surface area (Å²) in [6.07, 6.45) is 2.52. The third-order valence-corrected chi connectivity index (χ3v) is 5.92. The highest BCUT2D eigenvalue weighted by molar-refractivity contribution is 5.77. The normalized spacial score (nSPS) is 23.3. The monoisotopic (exact) mass is 371 g/mol. The Hall–Kier alpha value is -2.38. The molecule has 7 nitrogen and oxygen atoms in total. The standard InChI is InChI=1S/C20H25N3O4/c1-26-19-18(22-16(24)7-6-13-12-17(25)23-27-13)14-4-2-3-5-15(14)20(19)8-10-21-11-9-20/h2-5,12,18-19,21H,6-11H2,1H3,(H,22,24)(H,23,25)/t18-,19+/m1/s1. The van der Waals surface area contributed by atoms with Crippen LogP contribution in [0.2, 0.25) is 0 Å². The number of piperidine rings is 1. The van der Waals surface area contributed by atoms with E-state index in [9.17, 15) is 9.59 Å². The fourth-order valence-electron chi connectivity index (χ4n) is 4.73. The minimum absolute atomic E-state index is 0.0675. The molecule has 0 saturated carbocycles. The predicted octanol–water partition coefficient (Wildman–Crippen LogP) is 1.41. The molecule has 0 radical (unpaired) electrons. The van der Waals surface area contributed by atoms with Crippen molar-refractivity contribution in [2.45, 2.75) is 43.2 Å². The van der Waals surface area contributed by atoms with Gasteiger partial charge in [0.05, 0.1) is 12.1 Å². The molecule has 1 aliphatic heterocycles. The molecule has 27 heavy (non-hydrogen) atoms. The number of aromatic nitrogens is 1. The van der Waals surface area contributed by atoms with E-state index in [0.717, 1.165) is 31.5 Å². The van der Waals surface area contributed by atoms with Gasteiger partial charge in [-0.2, -0.15) is 5.16 Å². The lowest BCUT2D eigenvalue weighted by molar-refractivity contribution is -0.123. The van der Waals surface area contributed by atoms with E-state index in [1.807, 2.05) is 6.07 Å². The average molecular weight is 371 g/mol. The van der Waals surface area contributed by atoms with Crippen LogP contribution < -0.4 is 16.2 Å². The van der Waals surface area contributed by atoms with E-state index in [0.29, 0.717) is 12.2 Å². The van der Waals surface area contributed by atoms with Gasteiger partial charge < -0.3 is 19.9 Å².